The fraction of sp³-hybridized carbons (Fsp3) is 0.750. The molecule has 0 fully saturated rings. The monoisotopic (exact) mass is 295 g/mol. The number of hydrogen-bond donors (Lipinski definition) is 7. The zero-order valence-electron chi connectivity index (χ0n) is 8.07. The minimum Gasteiger partial charge on any atom is -0.480 e. The highest BCUT2D eigenvalue weighted by atomic mass is 31.2. The molecule has 0 aromatic heterocycles. The van der Waals surface area contributed by atoms with Gasteiger partial charge >= 0.3 is 21.4 Å². The van der Waals surface area contributed by atoms with E-state index in [0.29, 0.717) is 0 Å². The molecule has 0 radical (unpaired) electrons. The number of aliphatic hydroxyl groups is 1. The lowest BCUT2D eigenvalue weighted by Gasteiger charge is -2.29. The number of carboxylic acid groups (broad SMARTS) is 1. The first-order chi connectivity index (χ1) is 7.28. The van der Waals surface area contributed by atoms with Crippen LogP contribution in [0.4, 0.5) is 0 Å². The van der Waals surface area contributed by atoms with Crippen LogP contribution in [0.2, 0.25) is 0 Å². The first kappa shape index (κ1) is 16.6. The summed E-state index contributed by atoms with van der Waals surface area (Å²) in [6.45, 7) is 0. The van der Waals surface area contributed by atoms with Gasteiger partial charge in [-0.15, -0.1) is 0 Å². The van der Waals surface area contributed by atoms with Crippen LogP contribution in [0.15, 0.2) is 0 Å². The quantitative estimate of drug-likeness (QED) is 0.205. The van der Waals surface area contributed by atoms with Gasteiger partial charge in [0, 0.05) is 6.42 Å². The minimum absolute atomic E-state index is 1.41. The second-order valence-corrected chi connectivity index (χ2v) is 5.97. The number of hydrogen-bond acceptors (Lipinski definition) is 6. The summed E-state index contributed by atoms with van der Waals surface area (Å²) in [5.41, 5.74) is 1.21. The van der Waals surface area contributed by atoms with E-state index in [1.165, 1.54) is 0 Å². The van der Waals surface area contributed by atoms with Crippen LogP contribution in [0.5, 0.6) is 0 Å². The molecule has 0 rings (SSSR count). The third-order valence-corrected chi connectivity index (χ3v) is 3.39. The molecule has 2 atom stereocenters. The third-order valence-electron chi connectivity index (χ3n) is 1.52. The number of rotatable bonds is 6. The van der Waals surface area contributed by atoms with Crippen LogP contribution in [0.1, 0.15) is 6.42 Å². The first-order valence-corrected chi connectivity index (χ1v) is 6.95. The Morgan fingerprint density at radius 1 is 1.29 bits per heavy atom. The van der Waals surface area contributed by atoms with Crippen LogP contribution in [0.3, 0.4) is 0 Å². The van der Waals surface area contributed by atoms with E-state index in [1.807, 2.05) is 0 Å². The number of carboxylic acids is 1. The minimum atomic E-state index is -5.58. The maximum Gasteiger partial charge on any atom is 0.472 e. The van der Waals surface area contributed by atoms with Crippen molar-refractivity contribution in [3.8, 4) is 0 Å². The molecule has 17 heavy (non-hydrogen) atoms. The van der Waals surface area contributed by atoms with E-state index in [1.54, 1.807) is 0 Å². The summed E-state index contributed by atoms with van der Waals surface area (Å²) in [5, 5.41) is 17.7. The van der Waals surface area contributed by atoms with E-state index >= 15 is 0 Å². The summed E-state index contributed by atoms with van der Waals surface area (Å²) < 4.78 is 24.8. The Labute approximate surface area is 94.2 Å². The van der Waals surface area contributed by atoms with Gasteiger partial charge in [0.2, 0.25) is 0 Å². The molecule has 0 aliphatic rings. The van der Waals surface area contributed by atoms with E-state index in [9.17, 15) is 19.0 Å². The van der Waals surface area contributed by atoms with Gasteiger partial charge in [-0.1, -0.05) is 0 Å². The van der Waals surface area contributed by atoms with Crippen LogP contribution in [0.25, 0.3) is 0 Å². The molecule has 0 saturated carbocycles. The highest BCUT2D eigenvalue weighted by Crippen LogP contribution is 2.58. The molecule has 0 aliphatic carbocycles. The molecule has 11 nitrogen and oxygen atoms in total. The Morgan fingerprint density at radius 2 is 1.71 bits per heavy atom. The van der Waals surface area contributed by atoms with E-state index in [-0.39, 0.29) is 0 Å². The van der Waals surface area contributed by atoms with Gasteiger partial charge < -0.3 is 35.5 Å². The van der Waals surface area contributed by atoms with Gasteiger partial charge in [0.25, 0.3) is 5.53 Å². The van der Waals surface area contributed by atoms with E-state index < -0.39 is 39.4 Å². The summed E-state index contributed by atoms with van der Waals surface area (Å²) >= 11 is 0. The van der Waals surface area contributed by atoms with Gasteiger partial charge in [0.1, 0.15) is 6.04 Å². The van der Waals surface area contributed by atoms with E-state index in [0.717, 1.165) is 0 Å². The number of nitrogens with two attached hydrogens (primary N) is 1. The molecule has 0 aromatic rings. The normalized spacial score (nSPS) is 18.5. The summed E-state index contributed by atoms with van der Waals surface area (Å²) in [5.74, 6) is -1.74. The SMILES string of the molecule is NC(CC(O)(OP(=O)(O)O)P(=O)(O)O)C(=O)O. The number of aliphatic carboxylic acids is 1. The van der Waals surface area contributed by atoms with Gasteiger partial charge in [-0.3, -0.25) is 9.36 Å². The van der Waals surface area contributed by atoms with E-state index in [4.69, 9.17) is 30.4 Å². The Kier molecular flexibility index (Phi) is 5.00. The molecule has 0 bridgehead atoms. The lowest BCUT2D eigenvalue weighted by atomic mass is 10.2. The van der Waals surface area contributed by atoms with Crippen molar-refractivity contribution in [3.05, 3.63) is 0 Å². The van der Waals surface area contributed by atoms with Crippen molar-refractivity contribution in [3.63, 3.8) is 0 Å². The van der Waals surface area contributed by atoms with Crippen molar-refractivity contribution in [2.75, 3.05) is 0 Å². The lowest BCUT2D eigenvalue weighted by Crippen LogP contribution is -2.42. The molecule has 0 aliphatic heterocycles. The molecule has 0 heterocycles. The standard InChI is InChI=1S/C4H11NO10P2/c5-2(3(6)7)1-4(8,16(9,10)11)15-17(12,13)14/h2,8H,1,5H2,(H,6,7)(H2,9,10,11)(H2,12,13,14). The van der Waals surface area contributed by atoms with Crippen molar-refractivity contribution in [1.29, 1.82) is 0 Å². The highest BCUT2D eigenvalue weighted by Gasteiger charge is 2.52. The van der Waals surface area contributed by atoms with Crippen LogP contribution in [-0.2, 0) is 18.4 Å². The predicted molar refractivity (Wildman–Crippen MR) is 50.4 cm³/mol. The van der Waals surface area contributed by atoms with Gasteiger partial charge in [-0.05, 0) is 0 Å². The van der Waals surface area contributed by atoms with Gasteiger partial charge in [-0.2, -0.15) is 0 Å². The van der Waals surface area contributed by atoms with Crippen molar-refractivity contribution >= 4 is 21.4 Å². The fourth-order valence-electron chi connectivity index (χ4n) is 0.774. The highest BCUT2D eigenvalue weighted by molar-refractivity contribution is 7.54. The summed E-state index contributed by atoms with van der Waals surface area (Å²) in [6, 6.07) is -1.99. The van der Waals surface area contributed by atoms with Crippen LogP contribution in [-0.4, -0.2) is 47.3 Å². The Balaban J connectivity index is 5.21. The van der Waals surface area contributed by atoms with Crippen LogP contribution >= 0.6 is 15.4 Å². The topological polar surface area (TPSA) is 208 Å². The molecule has 8 N–H and O–H groups in total. The Morgan fingerprint density at radius 3 is 1.94 bits per heavy atom. The fourth-order valence-corrected chi connectivity index (χ4v) is 2.41. The maximum atomic E-state index is 10.8. The molecule has 2 unspecified atom stereocenters. The number of carbonyl (C=O) groups is 1. The molecule has 0 saturated heterocycles. The van der Waals surface area contributed by atoms with Crippen molar-refractivity contribution in [2.45, 2.75) is 18.0 Å². The Bertz CT molecular complexity index is 384. The molecular formula is C4H11NO10P2. The second kappa shape index (κ2) is 5.11. The number of phosphoric ester groups is 1. The number of phosphoric acid groups is 1. The summed E-state index contributed by atoms with van der Waals surface area (Å²) in [7, 11) is -11.0. The molecule has 0 spiro atoms. The molecular weight excluding hydrogens is 284 g/mol. The molecule has 13 heteroatoms. The second-order valence-electron chi connectivity index (χ2n) is 3.02. The zero-order valence-corrected chi connectivity index (χ0v) is 9.86. The van der Waals surface area contributed by atoms with Crippen LogP contribution in [0, 0.1) is 0 Å². The van der Waals surface area contributed by atoms with E-state index in [2.05, 4.69) is 4.52 Å². The average molecular weight is 295 g/mol. The molecule has 102 valence electrons. The van der Waals surface area contributed by atoms with Gasteiger partial charge in [0.05, 0.1) is 0 Å². The van der Waals surface area contributed by atoms with Crippen molar-refractivity contribution < 1.29 is 48.2 Å². The first-order valence-electron chi connectivity index (χ1n) is 3.81. The largest absolute Gasteiger partial charge is 0.480 e. The smallest absolute Gasteiger partial charge is 0.472 e. The van der Waals surface area contributed by atoms with Crippen LogP contribution < -0.4 is 5.73 Å². The zero-order chi connectivity index (χ0) is 14.1. The van der Waals surface area contributed by atoms with Gasteiger partial charge in [-0.25, -0.2) is 9.09 Å². The Hall–Kier alpha value is -0.350. The lowest BCUT2D eigenvalue weighted by molar-refractivity contribution is -0.145. The maximum absolute atomic E-state index is 10.8. The predicted octanol–water partition coefficient (Wildman–Crippen LogP) is -2.28. The average Bonchev–Trinajstić information content (AvgIpc) is 1.97. The summed E-state index contributed by atoms with van der Waals surface area (Å²) in [4.78, 5) is 44.4. The molecule has 0 aromatic carbocycles. The third kappa shape index (κ3) is 5.21. The van der Waals surface area contributed by atoms with Crippen molar-refractivity contribution in [2.24, 2.45) is 5.73 Å². The molecule has 0 amide bonds. The summed E-state index contributed by atoms with van der Waals surface area (Å²) in [6.07, 6.45) is -1.41. The van der Waals surface area contributed by atoms with Crippen molar-refractivity contribution in [1.82, 2.24) is 0 Å². The van der Waals surface area contributed by atoms with Gasteiger partial charge in [0.15, 0.2) is 0 Å².